The van der Waals surface area contributed by atoms with Crippen molar-refractivity contribution in [2.24, 2.45) is 5.92 Å². The predicted molar refractivity (Wildman–Crippen MR) is 80.9 cm³/mol. The molecule has 1 nitrogen and oxygen atoms in total. The van der Waals surface area contributed by atoms with Crippen molar-refractivity contribution in [3.63, 3.8) is 0 Å². The van der Waals surface area contributed by atoms with Crippen LogP contribution in [0.3, 0.4) is 0 Å². The van der Waals surface area contributed by atoms with Crippen molar-refractivity contribution in [3.05, 3.63) is 28.8 Å². The first-order valence-corrected chi connectivity index (χ1v) is 7.75. The van der Waals surface area contributed by atoms with E-state index in [4.69, 9.17) is 23.2 Å². The number of rotatable bonds is 3. The van der Waals surface area contributed by atoms with Crippen LogP contribution in [0.5, 0.6) is 0 Å². The highest BCUT2D eigenvalue weighted by molar-refractivity contribution is 6.31. The number of alkyl halides is 1. The molecule has 0 spiro atoms. The van der Waals surface area contributed by atoms with Gasteiger partial charge in [-0.05, 0) is 42.9 Å². The molecule has 1 saturated heterocycles. The largest absolute Gasteiger partial charge is 0.371 e. The molecule has 0 N–H and O–H groups in total. The molecule has 0 aromatic heterocycles. The highest BCUT2D eigenvalue weighted by Crippen LogP contribution is 2.30. The first-order valence-electron chi connectivity index (χ1n) is 6.84. The van der Waals surface area contributed by atoms with Crippen LogP contribution in [0, 0.1) is 5.92 Å². The molecule has 0 radical (unpaired) electrons. The van der Waals surface area contributed by atoms with Crippen LogP contribution in [0.15, 0.2) is 18.2 Å². The molecule has 100 valence electrons. The second-order valence-corrected chi connectivity index (χ2v) is 5.80. The molecule has 2 rings (SSSR count). The van der Waals surface area contributed by atoms with Gasteiger partial charge in [-0.3, -0.25) is 0 Å². The van der Waals surface area contributed by atoms with Gasteiger partial charge in [-0.1, -0.05) is 31.0 Å². The second kappa shape index (κ2) is 6.68. The molecule has 1 atom stereocenters. The third kappa shape index (κ3) is 3.33. The molecule has 0 bridgehead atoms. The zero-order valence-corrected chi connectivity index (χ0v) is 12.5. The Morgan fingerprint density at radius 1 is 1.28 bits per heavy atom. The summed E-state index contributed by atoms with van der Waals surface area (Å²) in [7, 11) is 0. The number of anilines is 1. The van der Waals surface area contributed by atoms with Crippen LogP contribution in [0.25, 0.3) is 0 Å². The van der Waals surface area contributed by atoms with Gasteiger partial charge in [0, 0.05) is 29.7 Å². The van der Waals surface area contributed by atoms with Gasteiger partial charge in [0.05, 0.1) is 0 Å². The number of hydrogen-bond donors (Lipinski definition) is 0. The lowest BCUT2D eigenvalue weighted by atomic mass is 9.98. The fraction of sp³-hybridized carbons (Fsp3) is 0.600. The second-order valence-electron chi connectivity index (χ2n) is 5.10. The van der Waals surface area contributed by atoms with Gasteiger partial charge in [-0.25, -0.2) is 0 Å². The van der Waals surface area contributed by atoms with E-state index in [1.54, 1.807) is 0 Å². The summed E-state index contributed by atoms with van der Waals surface area (Å²) in [4.78, 5) is 2.46. The molecular weight excluding hydrogens is 265 g/mol. The minimum Gasteiger partial charge on any atom is -0.371 e. The van der Waals surface area contributed by atoms with Gasteiger partial charge < -0.3 is 4.90 Å². The molecule has 3 heteroatoms. The molecule has 1 aliphatic rings. The lowest BCUT2D eigenvalue weighted by Gasteiger charge is -2.25. The normalized spacial score (nSPS) is 20.8. The minimum absolute atomic E-state index is 0.556. The molecule has 0 amide bonds. The molecule has 1 heterocycles. The van der Waals surface area contributed by atoms with Crippen LogP contribution in [0.4, 0.5) is 5.69 Å². The van der Waals surface area contributed by atoms with Crippen molar-refractivity contribution in [2.75, 3.05) is 18.0 Å². The van der Waals surface area contributed by atoms with Crippen LogP contribution in [-0.2, 0) is 5.88 Å². The lowest BCUT2D eigenvalue weighted by Crippen LogP contribution is -2.25. The van der Waals surface area contributed by atoms with Gasteiger partial charge in [0.1, 0.15) is 0 Å². The van der Waals surface area contributed by atoms with Crippen molar-refractivity contribution in [1.82, 2.24) is 0 Å². The minimum atomic E-state index is 0.556. The van der Waals surface area contributed by atoms with E-state index in [2.05, 4.69) is 17.9 Å². The van der Waals surface area contributed by atoms with E-state index < -0.39 is 0 Å². The van der Waals surface area contributed by atoms with Crippen molar-refractivity contribution < 1.29 is 0 Å². The maximum atomic E-state index is 6.12. The first kappa shape index (κ1) is 14.0. The summed E-state index contributed by atoms with van der Waals surface area (Å²) in [5.41, 5.74) is 2.42. The van der Waals surface area contributed by atoms with E-state index in [0.29, 0.717) is 5.88 Å². The molecule has 0 saturated carbocycles. The van der Waals surface area contributed by atoms with Crippen molar-refractivity contribution >= 4 is 28.9 Å². The molecular formula is C15H21Cl2N. The summed E-state index contributed by atoms with van der Waals surface area (Å²) in [6.45, 7) is 4.55. The maximum absolute atomic E-state index is 6.12. The molecule has 18 heavy (non-hydrogen) atoms. The van der Waals surface area contributed by atoms with E-state index in [1.165, 1.54) is 36.9 Å². The highest BCUT2D eigenvalue weighted by atomic mass is 35.5. The average Bonchev–Trinajstić information content (AvgIpc) is 2.63. The Morgan fingerprint density at radius 3 is 2.83 bits per heavy atom. The van der Waals surface area contributed by atoms with E-state index in [-0.39, 0.29) is 0 Å². The summed E-state index contributed by atoms with van der Waals surface area (Å²) in [5, 5.41) is 0.801. The summed E-state index contributed by atoms with van der Waals surface area (Å²) in [6.07, 6.45) is 5.20. The van der Waals surface area contributed by atoms with Crippen LogP contribution in [-0.4, -0.2) is 13.1 Å². The Kier molecular flexibility index (Phi) is 5.20. The standard InChI is InChI=1S/C15H21Cl2N/c1-2-12-4-3-8-18(9-7-12)15-10-14(17)6-5-13(15)11-16/h5-6,10,12H,2-4,7-9,11H2,1H3. The number of halogens is 2. The Morgan fingerprint density at radius 2 is 2.11 bits per heavy atom. The Bertz CT molecular complexity index is 392. The summed E-state index contributed by atoms with van der Waals surface area (Å²) in [6, 6.07) is 6.04. The molecule has 0 aliphatic carbocycles. The van der Waals surface area contributed by atoms with Gasteiger partial charge in [-0.15, -0.1) is 11.6 Å². The quantitative estimate of drug-likeness (QED) is 0.699. The Balaban J connectivity index is 2.17. The maximum Gasteiger partial charge on any atom is 0.0494 e. The highest BCUT2D eigenvalue weighted by Gasteiger charge is 2.18. The predicted octanol–water partition coefficient (Wildman–Crippen LogP) is 5.10. The lowest BCUT2D eigenvalue weighted by molar-refractivity contribution is 0.459. The molecule has 1 aromatic carbocycles. The fourth-order valence-electron chi connectivity index (χ4n) is 2.76. The number of benzene rings is 1. The summed E-state index contributed by atoms with van der Waals surface area (Å²) in [5.74, 6) is 1.44. The Hall–Kier alpha value is -0.400. The van der Waals surface area contributed by atoms with Crippen molar-refractivity contribution in [2.45, 2.75) is 38.5 Å². The zero-order valence-electron chi connectivity index (χ0n) is 11.0. The van der Waals surface area contributed by atoms with Crippen LogP contribution in [0.2, 0.25) is 5.02 Å². The van der Waals surface area contributed by atoms with E-state index in [0.717, 1.165) is 24.0 Å². The summed E-state index contributed by atoms with van der Waals surface area (Å²) >= 11 is 12.2. The molecule has 1 fully saturated rings. The zero-order chi connectivity index (χ0) is 13.0. The van der Waals surface area contributed by atoms with Gasteiger partial charge in [-0.2, -0.15) is 0 Å². The van der Waals surface area contributed by atoms with Crippen LogP contribution >= 0.6 is 23.2 Å². The Labute approximate surface area is 120 Å². The van der Waals surface area contributed by atoms with Gasteiger partial charge in [0.2, 0.25) is 0 Å². The number of nitrogens with zero attached hydrogens (tertiary/aromatic N) is 1. The molecule has 1 aromatic rings. The topological polar surface area (TPSA) is 3.24 Å². The SMILES string of the molecule is CCC1CCCN(c2cc(Cl)ccc2CCl)CC1. The number of hydrogen-bond acceptors (Lipinski definition) is 1. The van der Waals surface area contributed by atoms with Crippen LogP contribution < -0.4 is 4.90 Å². The third-order valence-electron chi connectivity index (χ3n) is 3.96. The molecule has 1 unspecified atom stereocenters. The van der Waals surface area contributed by atoms with E-state index in [9.17, 15) is 0 Å². The van der Waals surface area contributed by atoms with E-state index in [1.807, 2.05) is 12.1 Å². The monoisotopic (exact) mass is 285 g/mol. The van der Waals surface area contributed by atoms with Crippen molar-refractivity contribution in [1.29, 1.82) is 0 Å². The smallest absolute Gasteiger partial charge is 0.0494 e. The van der Waals surface area contributed by atoms with Gasteiger partial charge in [0.25, 0.3) is 0 Å². The third-order valence-corrected chi connectivity index (χ3v) is 4.48. The van der Waals surface area contributed by atoms with Crippen molar-refractivity contribution in [3.8, 4) is 0 Å². The molecule has 1 aliphatic heterocycles. The van der Waals surface area contributed by atoms with Crippen LogP contribution in [0.1, 0.15) is 38.2 Å². The van der Waals surface area contributed by atoms with Gasteiger partial charge in [0.15, 0.2) is 0 Å². The fourth-order valence-corrected chi connectivity index (χ4v) is 3.15. The van der Waals surface area contributed by atoms with Gasteiger partial charge >= 0.3 is 0 Å². The van der Waals surface area contributed by atoms with E-state index >= 15 is 0 Å². The summed E-state index contributed by atoms with van der Waals surface area (Å²) < 4.78 is 0. The first-order chi connectivity index (χ1) is 8.74. The average molecular weight is 286 g/mol.